The highest BCUT2D eigenvalue weighted by Crippen LogP contribution is 2.20. The summed E-state index contributed by atoms with van der Waals surface area (Å²) in [6.45, 7) is 9.19. The van der Waals surface area contributed by atoms with Gasteiger partial charge in [-0.3, -0.25) is 19.2 Å². The predicted octanol–water partition coefficient (Wildman–Crippen LogP) is 3.94. The number of nitrogens with zero attached hydrogens (tertiary/aromatic N) is 1. The highest BCUT2D eigenvalue weighted by Gasteiger charge is 2.33. The molecule has 0 spiro atoms. The number of esters is 1. The molecule has 4 atom stereocenters. The van der Waals surface area contributed by atoms with Gasteiger partial charge in [-0.2, -0.15) is 0 Å². The van der Waals surface area contributed by atoms with Gasteiger partial charge in [0.2, 0.25) is 17.7 Å². The minimum Gasteiger partial charge on any atom is -0.464 e. The van der Waals surface area contributed by atoms with Crippen molar-refractivity contribution in [2.45, 2.75) is 78.4 Å². The zero-order valence-corrected chi connectivity index (χ0v) is 28.4. The molecule has 3 rings (SSSR count). The third-order valence-corrected chi connectivity index (χ3v) is 8.98. The van der Waals surface area contributed by atoms with Crippen LogP contribution in [0.2, 0.25) is 0 Å². The maximum absolute atomic E-state index is 13.6. The number of primary amides is 1. The van der Waals surface area contributed by atoms with E-state index in [2.05, 4.69) is 20.9 Å². The van der Waals surface area contributed by atoms with Crippen LogP contribution in [-0.2, 0) is 30.3 Å². The van der Waals surface area contributed by atoms with Gasteiger partial charge in [-0.1, -0.05) is 76.6 Å². The van der Waals surface area contributed by atoms with Crippen molar-refractivity contribution in [2.75, 3.05) is 6.61 Å². The predicted molar refractivity (Wildman–Crippen MR) is 181 cm³/mol. The molecular weight excluding hydrogens is 618 g/mol. The summed E-state index contributed by atoms with van der Waals surface area (Å²) >= 11 is 1.45. The average molecular weight is 664 g/mol. The fourth-order valence-corrected chi connectivity index (χ4v) is 5.62. The van der Waals surface area contributed by atoms with E-state index >= 15 is 0 Å². The summed E-state index contributed by atoms with van der Waals surface area (Å²) in [5, 5.41) is 8.27. The second-order valence-corrected chi connectivity index (χ2v) is 12.8. The van der Waals surface area contributed by atoms with E-state index in [0.29, 0.717) is 18.4 Å². The van der Waals surface area contributed by atoms with Crippen molar-refractivity contribution in [3.8, 4) is 11.1 Å². The first-order valence-corrected chi connectivity index (χ1v) is 16.7. The molecule has 0 saturated carbocycles. The molecule has 0 aliphatic carbocycles. The highest BCUT2D eigenvalue weighted by atomic mass is 32.1. The van der Waals surface area contributed by atoms with Crippen LogP contribution in [0.25, 0.3) is 11.1 Å². The lowest BCUT2D eigenvalue weighted by Gasteiger charge is -2.29. The summed E-state index contributed by atoms with van der Waals surface area (Å²) < 4.78 is 5.43. The summed E-state index contributed by atoms with van der Waals surface area (Å²) in [7, 11) is 0. The first kappa shape index (κ1) is 36.9. The summed E-state index contributed by atoms with van der Waals surface area (Å²) in [5.41, 5.74) is 10.3. The van der Waals surface area contributed by atoms with Crippen LogP contribution in [0.5, 0.6) is 0 Å². The Morgan fingerprint density at radius 3 is 2.09 bits per heavy atom. The van der Waals surface area contributed by atoms with Gasteiger partial charge >= 0.3 is 5.97 Å². The number of carbonyl (C=O) groups is 5. The van der Waals surface area contributed by atoms with E-state index in [0.717, 1.165) is 21.7 Å². The number of hydrogen-bond acceptors (Lipinski definition) is 8. The number of benzene rings is 2. The molecule has 0 aliphatic rings. The molecule has 47 heavy (non-hydrogen) atoms. The van der Waals surface area contributed by atoms with Crippen molar-refractivity contribution in [1.29, 1.82) is 0 Å². The molecule has 1 aromatic heterocycles. The van der Waals surface area contributed by atoms with E-state index in [9.17, 15) is 24.0 Å². The molecule has 0 saturated heterocycles. The minimum absolute atomic E-state index is 0.0626. The topological polar surface area (TPSA) is 170 Å². The lowest BCUT2D eigenvalue weighted by Crippen LogP contribution is -2.58. The Labute approximate surface area is 280 Å². The van der Waals surface area contributed by atoms with E-state index in [-0.39, 0.29) is 31.3 Å². The Kier molecular flexibility index (Phi) is 14.1. The van der Waals surface area contributed by atoms with Crippen molar-refractivity contribution in [2.24, 2.45) is 17.6 Å². The SMILES string of the molecule is CC[C@H](C)[C@H](NC(=O)c1ccc(-c2ccccc2)cc1)C(=O)N[C@@H](C(=O)N[C@@H](CCC(N)=O)C(=O)OCCc1scnc1C)C(C)C. The monoisotopic (exact) mass is 663 g/mol. The van der Waals surface area contributed by atoms with Crippen molar-refractivity contribution >= 4 is 40.9 Å². The second kappa shape index (κ2) is 17.9. The summed E-state index contributed by atoms with van der Waals surface area (Å²) in [4.78, 5) is 70.0. The number of amides is 4. The highest BCUT2D eigenvalue weighted by molar-refractivity contribution is 7.09. The van der Waals surface area contributed by atoms with Crippen LogP contribution in [0, 0.1) is 18.8 Å². The van der Waals surface area contributed by atoms with Gasteiger partial charge < -0.3 is 26.4 Å². The standard InChI is InChI=1S/C35H45N5O6S/c1-6-22(4)31(40-32(42)26-14-12-25(13-15-26)24-10-8-7-9-11-24)34(44)39-30(21(2)3)33(43)38-27(16-17-29(36)41)35(45)46-19-18-28-23(5)37-20-47-28/h7-15,20-22,27,30-31H,6,16-19H2,1-5H3,(H2,36,41)(H,38,43)(H,39,44)(H,40,42)/t22-,27-,30+,31-/m0/s1. The quantitative estimate of drug-likeness (QED) is 0.159. The molecule has 0 bridgehead atoms. The summed E-state index contributed by atoms with van der Waals surface area (Å²) in [6.07, 6.45) is 0.837. The van der Waals surface area contributed by atoms with Crippen LogP contribution in [0.15, 0.2) is 60.1 Å². The van der Waals surface area contributed by atoms with Gasteiger partial charge in [0.1, 0.15) is 18.1 Å². The van der Waals surface area contributed by atoms with Crippen LogP contribution in [-0.4, -0.2) is 59.3 Å². The first-order valence-electron chi connectivity index (χ1n) is 15.8. The molecule has 4 amide bonds. The van der Waals surface area contributed by atoms with Crippen molar-refractivity contribution in [3.63, 3.8) is 0 Å². The molecular formula is C35H45N5O6S. The number of nitrogens with two attached hydrogens (primary N) is 1. The molecule has 0 radical (unpaired) electrons. The molecule has 1 heterocycles. The Hall–Kier alpha value is -4.58. The molecule has 0 aliphatic heterocycles. The number of hydrogen-bond donors (Lipinski definition) is 4. The second-order valence-electron chi connectivity index (χ2n) is 11.9. The normalized spacial score (nSPS) is 13.6. The Balaban J connectivity index is 1.68. The first-order chi connectivity index (χ1) is 22.4. The number of nitrogens with one attached hydrogen (secondary N) is 3. The van der Waals surface area contributed by atoms with E-state index in [4.69, 9.17) is 10.5 Å². The number of carbonyl (C=O) groups excluding carboxylic acids is 5. The summed E-state index contributed by atoms with van der Waals surface area (Å²) in [5.74, 6) is -3.54. The lowest BCUT2D eigenvalue weighted by atomic mass is 9.95. The number of aromatic nitrogens is 1. The number of rotatable bonds is 17. The van der Waals surface area contributed by atoms with Crippen LogP contribution in [0.4, 0.5) is 0 Å². The Morgan fingerprint density at radius 2 is 1.51 bits per heavy atom. The molecule has 3 aromatic rings. The van der Waals surface area contributed by atoms with Crippen LogP contribution >= 0.6 is 11.3 Å². The third kappa shape index (κ3) is 11.0. The largest absolute Gasteiger partial charge is 0.464 e. The number of thiazole rings is 1. The molecule has 11 nitrogen and oxygen atoms in total. The smallest absolute Gasteiger partial charge is 0.328 e. The van der Waals surface area contributed by atoms with Crippen LogP contribution < -0.4 is 21.7 Å². The van der Waals surface area contributed by atoms with Crippen LogP contribution in [0.1, 0.15) is 67.9 Å². The van der Waals surface area contributed by atoms with Gasteiger partial charge in [0.15, 0.2) is 0 Å². The molecule has 5 N–H and O–H groups in total. The summed E-state index contributed by atoms with van der Waals surface area (Å²) in [6, 6.07) is 13.8. The van der Waals surface area contributed by atoms with E-state index in [1.807, 2.05) is 63.2 Å². The lowest BCUT2D eigenvalue weighted by molar-refractivity contribution is -0.148. The van der Waals surface area contributed by atoms with Crippen LogP contribution in [0.3, 0.4) is 0 Å². The third-order valence-electron chi connectivity index (χ3n) is 7.98. The fraction of sp³-hybridized carbons (Fsp3) is 0.429. The van der Waals surface area contributed by atoms with Gasteiger partial charge in [-0.15, -0.1) is 11.3 Å². The van der Waals surface area contributed by atoms with Gasteiger partial charge in [0.05, 0.1) is 17.8 Å². The number of aryl methyl sites for hydroxylation is 1. The molecule has 12 heteroatoms. The molecule has 252 valence electrons. The maximum atomic E-state index is 13.6. The Morgan fingerprint density at radius 1 is 0.872 bits per heavy atom. The van der Waals surface area contributed by atoms with Crippen molar-refractivity contribution in [3.05, 3.63) is 76.2 Å². The van der Waals surface area contributed by atoms with Crippen molar-refractivity contribution < 1.29 is 28.7 Å². The fourth-order valence-electron chi connectivity index (χ4n) is 4.86. The Bertz CT molecular complexity index is 1510. The van der Waals surface area contributed by atoms with E-state index in [1.165, 1.54) is 11.3 Å². The van der Waals surface area contributed by atoms with E-state index < -0.39 is 47.7 Å². The van der Waals surface area contributed by atoms with Gasteiger partial charge in [0, 0.05) is 23.3 Å². The zero-order chi connectivity index (χ0) is 34.5. The maximum Gasteiger partial charge on any atom is 0.328 e. The average Bonchev–Trinajstić information content (AvgIpc) is 3.47. The molecule has 0 unspecified atom stereocenters. The van der Waals surface area contributed by atoms with Gasteiger partial charge in [-0.25, -0.2) is 9.78 Å². The van der Waals surface area contributed by atoms with Crippen molar-refractivity contribution in [1.82, 2.24) is 20.9 Å². The molecule has 2 aromatic carbocycles. The van der Waals surface area contributed by atoms with E-state index in [1.54, 1.807) is 31.5 Å². The van der Waals surface area contributed by atoms with Gasteiger partial charge in [-0.05, 0) is 48.4 Å². The number of ether oxygens (including phenoxy) is 1. The van der Waals surface area contributed by atoms with Gasteiger partial charge in [0.25, 0.3) is 5.91 Å². The zero-order valence-electron chi connectivity index (χ0n) is 27.6. The molecule has 0 fully saturated rings. The minimum atomic E-state index is -1.15.